The summed E-state index contributed by atoms with van der Waals surface area (Å²) in [6, 6.07) is 9.47. The Morgan fingerprint density at radius 1 is 1.29 bits per heavy atom. The fraction of sp³-hybridized carbons (Fsp3) is 0.250. The molecule has 7 nitrogen and oxygen atoms in total. The van der Waals surface area contributed by atoms with Gasteiger partial charge in [0, 0.05) is 18.0 Å². The molecule has 4 rings (SSSR count). The van der Waals surface area contributed by atoms with Crippen molar-refractivity contribution in [2.45, 2.75) is 13.0 Å². The van der Waals surface area contributed by atoms with Crippen LogP contribution < -0.4 is 11.0 Å². The maximum absolute atomic E-state index is 13.0. The van der Waals surface area contributed by atoms with E-state index in [9.17, 15) is 9.59 Å². The number of hydrogen-bond donors (Lipinski definition) is 2. The van der Waals surface area contributed by atoms with E-state index in [4.69, 9.17) is 0 Å². The number of nitrogens with zero attached hydrogens (tertiary/aromatic N) is 3. The molecule has 0 radical (unpaired) electrons. The van der Waals surface area contributed by atoms with E-state index < -0.39 is 0 Å². The first-order chi connectivity index (χ1) is 13.4. The Hall–Kier alpha value is -2.97. The molecule has 4 aromatic rings. The Morgan fingerprint density at radius 3 is 2.82 bits per heavy atom. The van der Waals surface area contributed by atoms with Crippen LogP contribution in [0.3, 0.4) is 0 Å². The van der Waals surface area contributed by atoms with Crippen molar-refractivity contribution in [3.05, 3.63) is 57.1 Å². The topological polar surface area (TPSA) is 82.5 Å². The van der Waals surface area contributed by atoms with E-state index in [1.165, 1.54) is 4.40 Å². The van der Waals surface area contributed by atoms with Gasteiger partial charge in [0.05, 0.1) is 11.1 Å². The number of likely N-dealkylation sites (N-methyl/N-ethyl adjacent to an activating group) is 1. The normalized spacial score (nSPS) is 12.7. The summed E-state index contributed by atoms with van der Waals surface area (Å²) in [5.74, 6) is -0.180. The van der Waals surface area contributed by atoms with Crippen molar-refractivity contribution in [1.82, 2.24) is 24.8 Å². The highest BCUT2D eigenvalue weighted by Crippen LogP contribution is 2.28. The lowest BCUT2D eigenvalue weighted by Gasteiger charge is -2.19. The van der Waals surface area contributed by atoms with Crippen molar-refractivity contribution in [3.8, 4) is 11.1 Å². The fourth-order valence-electron chi connectivity index (χ4n) is 3.48. The summed E-state index contributed by atoms with van der Waals surface area (Å²) in [5.41, 5.74) is 3.32. The molecule has 0 saturated heterocycles. The number of nitrogens with one attached hydrogen (secondary N) is 2. The molecule has 3 heterocycles. The lowest BCUT2D eigenvalue weighted by molar-refractivity contribution is 0.0936. The van der Waals surface area contributed by atoms with Crippen LogP contribution in [0.25, 0.3) is 27.7 Å². The van der Waals surface area contributed by atoms with E-state index in [-0.39, 0.29) is 17.6 Å². The molecule has 28 heavy (non-hydrogen) atoms. The molecule has 3 aromatic heterocycles. The Kier molecular flexibility index (Phi) is 4.74. The van der Waals surface area contributed by atoms with Gasteiger partial charge in [0.1, 0.15) is 0 Å². The van der Waals surface area contributed by atoms with Crippen molar-refractivity contribution in [2.24, 2.45) is 0 Å². The molecule has 1 aromatic carbocycles. The van der Waals surface area contributed by atoms with Gasteiger partial charge in [-0.2, -0.15) is 16.4 Å². The Labute approximate surface area is 165 Å². The smallest absolute Gasteiger partial charge is 0.348 e. The summed E-state index contributed by atoms with van der Waals surface area (Å²) in [4.78, 5) is 27.3. The molecule has 0 saturated carbocycles. The highest BCUT2D eigenvalue weighted by atomic mass is 32.1. The summed E-state index contributed by atoms with van der Waals surface area (Å²) in [7, 11) is 3.93. The Balaban J connectivity index is 1.87. The fourth-order valence-corrected chi connectivity index (χ4v) is 4.15. The molecule has 0 spiro atoms. The number of hydrogen-bond acceptors (Lipinski definition) is 5. The quantitative estimate of drug-likeness (QED) is 0.544. The molecule has 1 amide bonds. The first kappa shape index (κ1) is 18.4. The van der Waals surface area contributed by atoms with Crippen LogP contribution >= 0.6 is 11.3 Å². The number of benzene rings is 1. The van der Waals surface area contributed by atoms with Crippen molar-refractivity contribution in [1.29, 1.82) is 0 Å². The molecule has 2 N–H and O–H groups in total. The number of aromatic nitrogens is 3. The zero-order chi connectivity index (χ0) is 19.8. The molecule has 0 aliphatic rings. The average Bonchev–Trinajstić information content (AvgIpc) is 3.30. The van der Waals surface area contributed by atoms with Gasteiger partial charge in [0.2, 0.25) is 0 Å². The minimum atomic E-state index is -0.324. The molecule has 0 fully saturated rings. The van der Waals surface area contributed by atoms with E-state index in [1.807, 2.05) is 55.6 Å². The number of H-pyrrole nitrogens is 1. The maximum atomic E-state index is 13.0. The Bertz CT molecular complexity index is 1210. The maximum Gasteiger partial charge on any atom is 0.348 e. The Morgan fingerprint density at radius 2 is 2.11 bits per heavy atom. The monoisotopic (exact) mass is 395 g/mol. The van der Waals surface area contributed by atoms with Crippen LogP contribution in [0.1, 0.15) is 17.3 Å². The molecule has 144 valence electrons. The first-order valence-corrected chi connectivity index (χ1v) is 9.90. The van der Waals surface area contributed by atoms with Crippen LogP contribution in [0.5, 0.6) is 0 Å². The minimum Gasteiger partial charge on any atom is -0.348 e. The van der Waals surface area contributed by atoms with Gasteiger partial charge in [-0.05, 0) is 61.1 Å². The lowest BCUT2D eigenvalue weighted by atomic mass is 10.0. The van der Waals surface area contributed by atoms with Gasteiger partial charge in [-0.25, -0.2) is 14.3 Å². The molecule has 0 aliphatic heterocycles. The number of pyridine rings is 1. The van der Waals surface area contributed by atoms with Gasteiger partial charge in [-0.1, -0.05) is 12.1 Å². The van der Waals surface area contributed by atoms with Crippen LogP contribution in [0, 0.1) is 0 Å². The van der Waals surface area contributed by atoms with Gasteiger partial charge in [-0.15, -0.1) is 0 Å². The molecule has 0 bridgehead atoms. The van der Waals surface area contributed by atoms with Gasteiger partial charge < -0.3 is 10.2 Å². The van der Waals surface area contributed by atoms with Crippen molar-refractivity contribution < 1.29 is 4.79 Å². The van der Waals surface area contributed by atoms with Gasteiger partial charge in [0.15, 0.2) is 5.65 Å². The number of rotatable bonds is 5. The number of carbonyl (C=O) groups excluding carboxylic acids is 1. The number of carbonyl (C=O) groups is 1. The van der Waals surface area contributed by atoms with Crippen LogP contribution in [-0.2, 0) is 0 Å². The lowest BCUT2D eigenvalue weighted by Crippen LogP contribution is -2.39. The van der Waals surface area contributed by atoms with Crippen LogP contribution in [-0.4, -0.2) is 52.1 Å². The third-order valence-corrected chi connectivity index (χ3v) is 5.30. The third-order valence-electron chi connectivity index (χ3n) is 4.62. The SMILES string of the molecule is CC(CN(C)C)NC(=O)c1cc2n[nH]c(=O)n2c2cc(-c3ccsc3)ccc12. The van der Waals surface area contributed by atoms with Crippen molar-refractivity contribution in [3.63, 3.8) is 0 Å². The molecular weight excluding hydrogens is 374 g/mol. The third kappa shape index (κ3) is 3.32. The molecule has 1 atom stereocenters. The number of aromatic amines is 1. The predicted molar refractivity (Wildman–Crippen MR) is 112 cm³/mol. The second-order valence-corrected chi connectivity index (χ2v) is 7.94. The predicted octanol–water partition coefficient (Wildman–Crippen LogP) is 2.58. The summed E-state index contributed by atoms with van der Waals surface area (Å²) >= 11 is 1.61. The summed E-state index contributed by atoms with van der Waals surface area (Å²) in [6.45, 7) is 2.70. The zero-order valence-corrected chi connectivity index (χ0v) is 16.7. The summed E-state index contributed by atoms with van der Waals surface area (Å²) in [6.07, 6.45) is 0. The van der Waals surface area contributed by atoms with Crippen molar-refractivity contribution >= 4 is 33.8 Å². The highest BCUT2D eigenvalue weighted by Gasteiger charge is 2.18. The average molecular weight is 395 g/mol. The van der Waals surface area contributed by atoms with E-state index in [1.54, 1.807) is 17.4 Å². The number of fused-ring (bicyclic) bond motifs is 3. The highest BCUT2D eigenvalue weighted by molar-refractivity contribution is 7.08. The zero-order valence-electron chi connectivity index (χ0n) is 15.9. The first-order valence-electron chi connectivity index (χ1n) is 8.96. The van der Waals surface area contributed by atoms with Crippen LogP contribution in [0.2, 0.25) is 0 Å². The van der Waals surface area contributed by atoms with Crippen molar-refractivity contribution in [2.75, 3.05) is 20.6 Å². The van der Waals surface area contributed by atoms with Crippen LogP contribution in [0.4, 0.5) is 0 Å². The summed E-state index contributed by atoms with van der Waals surface area (Å²) < 4.78 is 1.51. The second kappa shape index (κ2) is 7.21. The van der Waals surface area contributed by atoms with Gasteiger partial charge in [-0.3, -0.25) is 4.79 Å². The van der Waals surface area contributed by atoms with E-state index in [0.717, 1.165) is 17.7 Å². The van der Waals surface area contributed by atoms with E-state index >= 15 is 0 Å². The second-order valence-electron chi connectivity index (χ2n) is 7.16. The van der Waals surface area contributed by atoms with E-state index in [0.29, 0.717) is 22.1 Å². The standard InChI is InChI=1S/C20H21N5O2S/c1-12(10-24(2)3)21-19(26)16-9-18-22-23-20(27)25(18)17-8-13(4-5-15(16)17)14-6-7-28-11-14/h4-9,11-12H,10H2,1-3H3,(H,21,26)(H,23,27). The number of thiophene rings is 1. The van der Waals surface area contributed by atoms with Gasteiger partial charge >= 0.3 is 5.69 Å². The molecule has 8 heteroatoms. The largest absolute Gasteiger partial charge is 0.348 e. The summed E-state index contributed by atoms with van der Waals surface area (Å²) in [5, 5.41) is 14.3. The minimum absolute atomic E-state index is 0.0137. The van der Waals surface area contributed by atoms with Crippen LogP contribution in [0.15, 0.2) is 45.9 Å². The molecule has 0 aliphatic carbocycles. The molecular formula is C20H21N5O2S. The molecule has 1 unspecified atom stereocenters. The van der Waals surface area contributed by atoms with Gasteiger partial charge in [0.25, 0.3) is 5.91 Å². The van der Waals surface area contributed by atoms with E-state index in [2.05, 4.69) is 20.9 Å². The number of amides is 1.